The predicted octanol–water partition coefficient (Wildman–Crippen LogP) is 2.04. The van der Waals surface area contributed by atoms with E-state index in [9.17, 15) is 0 Å². The van der Waals surface area contributed by atoms with Crippen LogP contribution in [0.5, 0.6) is 0 Å². The van der Waals surface area contributed by atoms with Gasteiger partial charge >= 0.3 is 0 Å². The number of nitrogens with one attached hydrogen (secondary N) is 1. The van der Waals surface area contributed by atoms with Crippen molar-refractivity contribution in [1.82, 2.24) is 10.2 Å². The Kier molecular flexibility index (Phi) is 3.47. The van der Waals surface area contributed by atoms with Gasteiger partial charge in [0.05, 0.1) is 0 Å². The van der Waals surface area contributed by atoms with Crippen molar-refractivity contribution >= 4 is 12.2 Å². The second-order valence-electron chi connectivity index (χ2n) is 6.37. The first kappa shape index (κ1) is 13.6. The minimum absolute atomic E-state index is 1.01. The molecule has 1 N–H and O–H groups in total. The van der Waals surface area contributed by atoms with E-state index in [1.807, 2.05) is 0 Å². The van der Waals surface area contributed by atoms with Crippen LogP contribution in [-0.2, 0) is 0 Å². The summed E-state index contributed by atoms with van der Waals surface area (Å²) in [4.78, 5) is 2.42. The highest BCUT2D eigenvalue weighted by Crippen LogP contribution is 2.31. The normalized spacial score (nSPS) is 21.3. The molecule has 2 aliphatic heterocycles. The molecule has 1 aromatic carbocycles. The minimum Gasteiger partial charge on any atom is -0.361 e. The number of fused-ring (bicyclic) bond motifs is 1. The van der Waals surface area contributed by atoms with Crippen molar-refractivity contribution in [2.24, 2.45) is 0 Å². The van der Waals surface area contributed by atoms with Crippen LogP contribution in [0.15, 0.2) is 59.0 Å². The molecule has 0 atom stereocenters. The van der Waals surface area contributed by atoms with Crippen LogP contribution in [0.2, 0.25) is 0 Å². The molecule has 2 nitrogen and oxygen atoms in total. The molecule has 22 heavy (non-hydrogen) atoms. The van der Waals surface area contributed by atoms with Crippen molar-refractivity contribution < 1.29 is 0 Å². The zero-order valence-electron chi connectivity index (χ0n) is 13.1. The van der Waals surface area contributed by atoms with Crippen LogP contribution >= 0.6 is 0 Å². The second kappa shape index (κ2) is 5.62. The maximum Gasteiger partial charge on any atom is 0.0427 e. The van der Waals surface area contributed by atoms with Gasteiger partial charge in [-0.1, -0.05) is 35.9 Å². The Labute approximate surface area is 131 Å². The molecular weight excluding hydrogens is 268 g/mol. The van der Waals surface area contributed by atoms with Gasteiger partial charge in [-0.05, 0) is 60.0 Å². The van der Waals surface area contributed by atoms with Gasteiger partial charge in [-0.3, -0.25) is 0 Å². The van der Waals surface area contributed by atoms with Crippen molar-refractivity contribution in [3.63, 3.8) is 0 Å². The standard InChI is InChI=1S/C20H22N2/c1-22-12-9-16(10-13-22)18-8-11-21-20-14-17-5-3-2-4-15(17)6-7-19(18)20/h2-6,8,11,14,21H,7,9-10,12-13H2,1H3. The van der Waals surface area contributed by atoms with E-state index in [2.05, 4.69) is 66.0 Å². The van der Waals surface area contributed by atoms with Gasteiger partial charge in [-0.15, -0.1) is 0 Å². The summed E-state index contributed by atoms with van der Waals surface area (Å²) in [7, 11) is 2.22. The fourth-order valence-electron chi connectivity index (χ4n) is 3.58. The van der Waals surface area contributed by atoms with E-state index in [0.717, 1.165) is 6.42 Å². The molecule has 0 spiro atoms. The Bertz CT molecular complexity index is 798. The molecule has 3 aliphatic rings. The van der Waals surface area contributed by atoms with Crippen LogP contribution < -0.4 is 15.8 Å². The highest BCUT2D eigenvalue weighted by atomic mass is 15.1. The number of piperidine rings is 1. The summed E-state index contributed by atoms with van der Waals surface area (Å²) >= 11 is 0. The lowest BCUT2D eigenvalue weighted by Gasteiger charge is -2.28. The molecule has 0 radical (unpaired) electrons. The fraction of sp³-hybridized carbons (Fsp3) is 0.300. The van der Waals surface area contributed by atoms with Gasteiger partial charge in [-0.25, -0.2) is 0 Å². The first-order valence-corrected chi connectivity index (χ1v) is 8.15. The molecule has 2 heterocycles. The Morgan fingerprint density at radius 1 is 1.05 bits per heavy atom. The number of nitrogens with zero attached hydrogens (tertiary/aromatic N) is 1. The van der Waals surface area contributed by atoms with Crippen LogP contribution in [0.25, 0.3) is 12.2 Å². The monoisotopic (exact) mass is 290 g/mol. The van der Waals surface area contributed by atoms with Gasteiger partial charge < -0.3 is 10.2 Å². The molecule has 0 amide bonds. The number of benzene rings is 1. The molecule has 0 aromatic heterocycles. The SMILES string of the molecule is CN1CCC(=C2C=CNC3=C2CC=c2ccccc2=C3)CC1. The molecule has 1 aliphatic carbocycles. The molecule has 1 fully saturated rings. The Morgan fingerprint density at radius 2 is 1.82 bits per heavy atom. The molecule has 0 unspecified atom stereocenters. The third-order valence-electron chi connectivity index (χ3n) is 4.93. The number of likely N-dealkylation sites (tertiary alicyclic amines) is 1. The van der Waals surface area contributed by atoms with Gasteiger partial charge in [0, 0.05) is 25.0 Å². The molecule has 1 aromatic rings. The summed E-state index contributed by atoms with van der Waals surface area (Å²) < 4.78 is 0. The zero-order chi connectivity index (χ0) is 14.9. The van der Waals surface area contributed by atoms with E-state index >= 15 is 0 Å². The van der Waals surface area contributed by atoms with Gasteiger partial charge in [-0.2, -0.15) is 0 Å². The van der Waals surface area contributed by atoms with Crippen molar-refractivity contribution in [2.75, 3.05) is 20.1 Å². The third kappa shape index (κ3) is 2.44. The lowest BCUT2D eigenvalue weighted by Crippen LogP contribution is -2.27. The minimum atomic E-state index is 1.01. The Morgan fingerprint density at radius 3 is 2.64 bits per heavy atom. The van der Waals surface area contributed by atoms with Crippen molar-refractivity contribution in [3.05, 3.63) is 69.4 Å². The quantitative estimate of drug-likeness (QED) is 0.787. The number of hydrogen-bond donors (Lipinski definition) is 1. The number of allylic oxidation sites excluding steroid dienone is 4. The Balaban J connectivity index is 1.80. The smallest absolute Gasteiger partial charge is 0.0427 e. The van der Waals surface area contributed by atoms with E-state index in [1.54, 1.807) is 5.57 Å². The number of dihydropyridines is 1. The van der Waals surface area contributed by atoms with E-state index in [0.29, 0.717) is 0 Å². The van der Waals surface area contributed by atoms with Crippen molar-refractivity contribution in [2.45, 2.75) is 19.3 Å². The third-order valence-corrected chi connectivity index (χ3v) is 4.93. The lowest BCUT2D eigenvalue weighted by atomic mass is 9.89. The molecule has 1 saturated heterocycles. The average Bonchev–Trinajstić information content (AvgIpc) is 2.74. The molecule has 112 valence electrons. The average molecular weight is 290 g/mol. The summed E-state index contributed by atoms with van der Waals surface area (Å²) in [5.41, 5.74) is 5.82. The summed E-state index contributed by atoms with van der Waals surface area (Å²) in [6.07, 6.45) is 12.4. The van der Waals surface area contributed by atoms with Crippen LogP contribution in [0.1, 0.15) is 19.3 Å². The molecule has 0 bridgehead atoms. The maximum absolute atomic E-state index is 3.46. The summed E-state index contributed by atoms with van der Waals surface area (Å²) in [6, 6.07) is 8.64. The highest BCUT2D eigenvalue weighted by molar-refractivity contribution is 5.63. The summed E-state index contributed by atoms with van der Waals surface area (Å²) in [5, 5.41) is 6.11. The fourth-order valence-corrected chi connectivity index (χ4v) is 3.58. The van der Waals surface area contributed by atoms with E-state index < -0.39 is 0 Å². The van der Waals surface area contributed by atoms with E-state index in [-0.39, 0.29) is 0 Å². The molecule has 2 heteroatoms. The maximum atomic E-state index is 3.46. The first-order chi connectivity index (χ1) is 10.8. The second-order valence-corrected chi connectivity index (χ2v) is 6.37. The van der Waals surface area contributed by atoms with Crippen molar-refractivity contribution in [3.8, 4) is 0 Å². The number of rotatable bonds is 0. The van der Waals surface area contributed by atoms with Gasteiger partial charge in [0.15, 0.2) is 0 Å². The summed E-state index contributed by atoms with van der Waals surface area (Å²) in [5.74, 6) is 0. The van der Waals surface area contributed by atoms with Gasteiger partial charge in [0.2, 0.25) is 0 Å². The van der Waals surface area contributed by atoms with Gasteiger partial charge in [0.1, 0.15) is 0 Å². The zero-order valence-corrected chi connectivity index (χ0v) is 13.1. The van der Waals surface area contributed by atoms with Crippen LogP contribution in [0.3, 0.4) is 0 Å². The highest BCUT2D eigenvalue weighted by Gasteiger charge is 2.19. The number of hydrogen-bond acceptors (Lipinski definition) is 2. The first-order valence-electron chi connectivity index (χ1n) is 8.15. The van der Waals surface area contributed by atoms with Gasteiger partial charge in [0.25, 0.3) is 0 Å². The van der Waals surface area contributed by atoms with E-state index in [4.69, 9.17) is 0 Å². The topological polar surface area (TPSA) is 15.3 Å². The van der Waals surface area contributed by atoms with E-state index in [1.165, 1.54) is 53.2 Å². The van der Waals surface area contributed by atoms with Crippen molar-refractivity contribution in [1.29, 1.82) is 0 Å². The molecular formula is C20H22N2. The predicted molar refractivity (Wildman–Crippen MR) is 92.3 cm³/mol. The van der Waals surface area contributed by atoms with Crippen LogP contribution in [0.4, 0.5) is 0 Å². The van der Waals surface area contributed by atoms with Crippen LogP contribution in [0, 0.1) is 0 Å². The molecule has 4 rings (SSSR count). The Hall–Kier alpha value is -2.06. The largest absolute Gasteiger partial charge is 0.361 e. The molecule has 0 saturated carbocycles. The van der Waals surface area contributed by atoms with Crippen LogP contribution in [-0.4, -0.2) is 25.0 Å². The lowest BCUT2D eigenvalue weighted by molar-refractivity contribution is 0.311. The summed E-state index contributed by atoms with van der Waals surface area (Å²) in [6.45, 7) is 2.35.